The van der Waals surface area contributed by atoms with Crippen LogP contribution in [-0.4, -0.2) is 25.8 Å². The summed E-state index contributed by atoms with van der Waals surface area (Å²) >= 11 is 0. The Morgan fingerprint density at radius 2 is 1.77 bits per heavy atom. The van der Waals surface area contributed by atoms with Crippen LogP contribution in [0.4, 0.5) is 0 Å². The maximum Gasteiger partial charge on any atom is 0.336 e. The first kappa shape index (κ1) is 22.7. The minimum Gasteiger partial charge on any atom is -0.478 e. The van der Waals surface area contributed by atoms with Gasteiger partial charge in [0.15, 0.2) is 5.82 Å². The largest absolute Gasteiger partial charge is 0.478 e. The van der Waals surface area contributed by atoms with E-state index in [-0.39, 0.29) is 0 Å². The number of rotatable bonds is 11. The summed E-state index contributed by atoms with van der Waals surface area (Å²) in [5.41, 5.74) is 3.09. The lowest BCUT2D eigenvalue weighted by atomic mass is 9.99. The summed E-state index contributed by atoms with van der Waals surface area (Å²) in [6.07, 6.45) is 6.47. The van der Waals surface area contributed by atoms with Crippen molar-refractivity contribution in [2.75, 3.05) is 0 Å². The molecule has 0 radical (unpaired) electrons. The molecule has 1 heterocycles. The molecule has 3 rings (SSSR count). The number of nitrogens with zero attached hydrogens (tertiary/aromatic N) is 3. The summed E-state index contributed by atoms with van der Waals surface area (Å²) in [4.78, 5) is 16.4. The van der Waals surface area contributed by atoms with Crippen LogP contribution >= 0.6 is 0 Å². The van der Waals surface area contributed by atoms with E-state index in [0.717, 1.165) is 54.0 Å². The molecule has 0 unspecified atom stereocenters. The van der Waals surface area contributed by atoms with Gasteiger partial charge in [-0.2, -0.15) is 5.10 Å². The number of aromatic carboxylic acids is 1. The van der Waals surface area contributed by atoms with Crippen LogP contribution in [0.15, 0.2) is 48.5 Å². The molecule has 3 aromatic rings. The third kappa shape index (κ3) is 6.27. The van der Waals surface area contributed by atoms with Gasteiger partial charge in [-0.15, -0.1) is 0 Å². The van der Waals surface area contributed by atoms with Crippen molar-refractivity contribution in [1.82, 2.24) is 14.8 Å². The number of aromatic nitrogens is 3. The molecule has 5 nitrogen and oxygen atoms in total. The van der Waals surface area contributed by atoms with E-state index in [0.29, 0.717) is 18.0 Å². The SMILES string of the molecule is CCCCCc1nc(CCC(C)C)nn1Cc1ccc(-c2ccccc2C(=O)O)cc1. The molecule has 5 heteroatoms. The summed E-state index contributed by atoms with van der Waals surface area (Å²) in [6, 6.07) is 15.2. The fourth-order valence-corrected chi connectivity index (χ4v) is 3.68. The second kappa shape index (κ2) is 10.9. The van der Waals surface area contributed by atoms with Crippen molar-refractivity contribution >= 4 is 5.97 Å². The van der Waals surface area contributed by atoms with Gasteiger partial charge in [-0.25, -0.2) is 14.5 Å². The summed E-state index contributed by atoms with van der Waals surface area (Å²) in [5, 5.41) is 14.3. The molecule has 1 aromatic heterocycles. The normalized spacial score (nSPS) is 11.2. The second-order valence-corrected chi connectivity index (χ2v) is 8.54. The number of hydrogen-bond acceptors (Lipinski definition) is 3. The molecular formula is C26H33N3O2. The summed E-state index contributed by atoms with van der Waals surface area (Å²) < 4.78 is 2.05. The molecular weight excluding hydrogens is 386 g/mol. The third-order valence-electron chi connectivity index (χ3n) is 5.50. The Kier molecular flexibility index (Phi) is 7.99. The Morgan fingerprint density at radius 3 is 2.45 bits per heavy atom. The van der Waals surface area contributed by atoms with Gasteiger partial charge in [0, 0.05) is 12.8 Å². The predicted octanol–water partition coefficient (Wildman–Crippen LogP) is 6.01. The molecule has 0 saturated heterocycles. The molecule has 2 aromatic carbocycles. The molecule has 0 bridgehead atoms. The highest BCUT2D eigenvalue weighted by molar-refractivity contribution is 5.95. The molecule has 31 heavy (non-hydrogen) atoms. The van der Waals surface area contributed by atoms with Gasteiger partial charge in [-0.05, 0) is 41.5 Å². The predicted molar refractivity (Wildman–Crippen MR) is 124 cm³/mol. The molecule has 164 valence electrons. The van der Waals surface area contributed by atoms with Crippen molar-refractivity contribution in [2.45, 2.75) is 65.8 Å². The molecule has 0 aliphatic carbocycles. The average molecular weight is 420 g/mol. The first-order chi connectivity index (χ1) is 15.0. The van der Waals surface area contributed by atoms with E-state index in [2.05, 4.69) is 32.9 Å². The van der Waals surface area contributed by atoms with Crippen LogP contribution in [0, 0.1) is 5.92 Å². The lowest BCUT2D eigenvalue weighted by Gasteiger charge is -2.09. The highest BCUT2D eigenvalue weighted by Crippen LogP contribution is 2.24. The van der Waals surface area contributed by atoms with Gasteiger partial charge in [0.25, 0.3) is 0 Å². The van der Waals surface area contributed by atoms with E-state index >= 15 is 0 Å². The maximum absolute atomic E-state index is 11.5. The lowest BCUT2D eigenvalue weighted by molar-refractivity contribution is 0.0697. The Labute approximate surface area is 185 Å². The van der Waals surface area contributed by atoms with Gasteiger partial charge >= 0.3 is 5.97 Å². The van der Waals surface area contributed by atoms with E-state index in [4.69, 9.17) is 10.1 Å². The lowest BCUT2D eigenvalue weighted by Crippen LogP contribution is -2.07. The Hall–Kier alpha value is -2.95. The Morgan fingerprint density at radius 1 is 1.03 bits per heavy atom. The first-order valence-electron chi connectivity index (χ1n) is 11.3. The van der Waals surface area contributed by atoms with Gasteiger partial charge in [0.1, 0.15) is 5.82 Å². The number of benzene rings is 2. The van der Waals surface area contributed by atoms with Gasteiger partial charge in [0.2, 0.25) is 0 Å². The zero-order valence-electron chi connectivity index (χ0n) is 18.8. The summed E-state index contributed by atoms with van der Waals surface area (Å²) in [6.45, 7) is 7.34. The highest BCUT2D eigenvalue weighted by Gasteiger charge is 2.13. The van der Waals surface area contributed by atoms with Crippen molar-refractivity contribution in [3.05, 3.63) is 71.3 Å². The standard InChI is InChI=1S/C26H33N3O2/c1-4-5-6-11-25-27-24(17-12-19(2)3)28-29(25)18-20-13-15-21(16-14-20)22-9-7-8-10-23(22)26(30)31/h7-10,13-16,19H,4-6,11-12,17-18H2,1-3H3,(H,30,31). The molecule has 0 saturated carbocycles. The topological polar surface area (TPSA) is 68.0 Å². The van der Waals surface area contributed by atoms with E-state index in [1.165, 1.54) is 12.8 Å². The number of carboxylic acid groups (broad SMARTS) is 1. The fraction of sp³-hybridized carbons (Fsp3) is 0.423. The van der Waals surface area contributed by atoms with Gasteiger partial charge < -0.3 is 5.11 Å². The maximum atomic E-state index is 11.5. The monoisotopic (exact) mass is 419 g/mol. The number of carboxylic acids is 1. The molecule has 0 aliphatic heterocycles. The van der Waals surface area contributed by atoms with Crippen LogP contribution in [0.25, 0.3) is 11.1 Å². The van der Waals surface area contributed by atoms with Gasteiger partial charge in [0.05, 0.1) is 12.1 Å². The molecule has 0 atom stereocenters. The molecule has 0 aliphatic rings. The molecule has 0 spiro atoms. The molecule has 0 fully saturated rings. The zero-order chi connectivity index (χ0) is 22.2. The minimum absolute atomic E-state index is 0.319. The number of unbranched alkanes of at least 4 members (excludes halogenated alkanes) is 2. The van der Waals surface area contributed by atoms with Crippen LogP contribution in [0.1, 0.15) is 74.0 Å². The van der Waals surface area contributed by atoms with Crippen molar-refractivity contribution in [3.8, 4) is 11.1 Å². The summed E-state index contributed by atoms with van der Waals surface area (Å²) in [5.74, 6) is 1.73. The minimum atomic E-state index is -0.909. The quantitative estimate of drug-likeness (QED) is 0.386. The van der Waals surface area contributed by atoms with Gasteiger partial charge in [-0.3, -0.25) is 0 Å². The second-order valence-electron chi connectivity index (χ2n) is 8.54. The first-order valence-corrected chi connectivity index (χ1v) is 11.3. The smallest absolute Gasteiger partial charge is 0.336 e. The number of carbonyl (C=O) groups is 1. The van der Waals surface area contributed by atoms with Crippen molar-refractivity contribution in [3.63, 3.8) is 0 Å². The van der Waals surface area contributed by atoms with Gasteiger partial charge in [-0.1, -0.05) is 76.1 Å². The van der Waals surface area contributed by atoms with Crippen LogP contribution in [-0.2, 0) is 19.4 Å². The van der Waals surface area contributed by atoms with Crippen LogP contribution in [0.2, 0.25) is 0 Å². The van der Waals surface area contributed by atoms with Crippen molar-refractivity contribution in [1.29, 1.82) is 0 Å². The van der Waals surface area contributed by atoms with Crippen LogP contribution in [0.5, 0.6) is 0 Å². The summed E-state index contributed by atoms with van der Waals surface area (Å²) in [7, 11) is 0. The van der Waals surface area contributed by atoms with Crippen LogP contribution < -0.4 is 0 Å². The fourth-order valence-electron chi connectivity index (χ4n) is 3.68. The van der Waals surface area contributed by atoms with Crippen LogP contribution in [0.3, 0.4) is 0 Å². The third-order valence-corrected chi connectivity index (χ3v) is 5.50. The number of aryl methyl sites for hydroxylation is 2. The Balaban J connectivity index is 1.79. The zero-order valence-corrected chi connectivity index (χ0v) is 18.8. The Bertz CT molecular complexity index is 990. The van der Waals surface area contributed by atoms with E-state index in [9.17, 15) is 9.90 Å². The van der Waals surface area contributed by atoms with Crippen molar-refractivity contribution < 1.29 is 9.90 Å². The van der Waals surface area contributed by atoms with E-state index in [1.807, 2.05) is 28.9 Å². The van der Waals surface area contributed by atoms with Crippen molar-refractivity contribution in [2.24, 2.45) is 5.92 Å². The van der Waals surface area contributed by atoms with E-state index in [1.54, 1.807) is 12.1 Å². The van der Waals surface area contributed by atoms with E-state index < -0.39 is 5.97 Å². The molecule has 0 amide bonds. The highest BCUT2D eigenvalue weighted by atomic mass is 16.4. The average Bonchev–Trinajstić information content (AvgIpc) is 3.14. The molecule has 1 N–H and O–H groups in total. The number of hydrogen-bond donors (Lipinski definition) is 1.